The molecule has 1 aromatic heterocycles. The third-order valence-corrected chi connectivity index (χ3v) is 7.56. The van der Waals surface area contributed by atoms with Crippen LogP contribution in [-0.2, 0) is 31.7 Å². The first-order chi connectivity index (χ1) is 21.6. The van der Waals surface area contributed by atoms with Crippen LogP contribution >= 0.6 is 0 Å². The van der Waals surface area contributed by atoms with Crippen LogP contribution in [0.25, 0.3) is 21.8 Å². The van der Waals surface area contributed by atoms with Gasteiger partial charge >= 0.3 is 26.2 Å². The van der Waals surface area contributed by atoms with Crippen molar-refractivity contribution in [2.24, 2.45) is 0 Å². The summed E-state index contributed by atoms with van der Waals surface area (Å²) in [6.07, 6.45) is 2.02. The molecule has 6 rings (SSSR count). The van der Waals surface area contributed by atoms with Crippen molar-refractivity contribution in [3.8, 4) is 5.69 Å². The van der Waals surface area contributed by atoms with Gasteiger partial charge in [-0.15, -0.1) is 46.8 Å². The molecule has 0 aliphatic heterocycles. The second kappa shape index (κ2) is 17.1. The van der Waals surface area contributed by atoms with Crippen molar-refractivity contribution in [1.29, 1.82) is 0 Å². The molecular weight excluding hydrogens is 638 g/mol. The fraction of sp³-hybridized carbons (Fsp3) is 0.214. The van der Waals surface area contributed by atoms with E-state index in [9.17, 15) is 0 Å². The van der Waals surface area contributed by atoms with E-state index < -0.39 is 5.54 Å². The van der Waals surface area contributed by atoms with Crippen molar-refractivity contribution in [1.82, 2.24) is 9.78 Å². The van der Waals surface area contributed by atoms with E-state index in [-0.39, 0.29) is 26.2 Å². The number of para-hydroxylation sites is 1. The van der Waals surface area contributed by atoms with Crippen molar-refractivity contribution < 1.29 is 26.2 Å². The Labute approximate surface area is 296 Å². The van der Waals surface area contributed by atoms with Crippen molar-refractivity contribution in [3.05, 3.63) is 181 Å². The van der Waals surface area contributed by atoms with Gasteiger partial charge in [-0.05, 0) is 23.6 Å². The predicted molar refractivity (Wildman–Crippen MR) is 192 cm³/mol. The molecule has 0 N–H and O–H groups in total. The second-order valence-electron chi connectivity index (χ2n) is 12.3. The molecule has 6 aromatic rings. The molecular formula is C42H45N3Zr-. The number of fused-ring (bicyclic) bond motifs is 1. The molecule has 0 aliphatic carbocycles. The number of nitrogens with zero attached hydrogens (tertiary/aromatic N) is 3. The van der Waals surface area contributed by atoms with E-state index in [0.29, 0.717) is 11.8 Å². The molecule has 0 amide bonds. The van der Waals surface area contributed by atoms with Gasteiger partial charge in [-0.25, -0.2) is 0 Å². The van der Waals surface area contributed by atoms with Crippen molar-refractivity contribution in [2.75, 3.05) is 0 Å². The van der Waals surface area contributed by atoms with Crippen LogP contribution in [0.15, 0.2) is 128 Å². The molecule has 0 bridgehead atoms. The molecule has 46 heavy (non-hydrogen) atoms. The van der Waals surface area contributed by atoms with Crippen LogP contribution in [0.2, 0.25) is 0 Å². The molecule has 1 radical (unpaired) electrons. The van der Waals surface area contributed by atoms with E-state index in [1.807, 2.05) is 77.6 Å². The van der Waals surface area contributed by atoms with Crippen LogP contribution in [-0.4, -0.2) is 9.78 Å². The summed E-state index contributed by atoms with van der Waals surface area (Å²) in [6.45, 7) is 20.7. The summed E-state index contributed by atoms with van der Waals surface area (Å²) in [6, 6.07) is 44.1. The van der Waals surface area contributed by atoms with E-state index in [0.717, 1.165) is 33.6 Å². The van der Waals surface area contributed by atoms with Gasteiger partial charge in [0.15, 0.2) is 0 Å². The molecule has 0 aliphatic rings. The summed E-state index contributed by atoms with van der Waals surface area (Å²) < 4.78 is 1.92. The average molecular weight is 683 g/mol. The summed E-state index contributed by atoms with van der Waals surface area (Å²) in [7, 11) is 0. The fourth-order valence-corrected chi connectivity index (χ4v) is 5.04. The van der Waals surface area contributed by atoms with E-state index in [1.54, 1.807) is 0 Å². The molecule has 1 heterocycles. The third-order valence-electron chi connectivity index (χ3n) is 7.56. The molecule has 3 nitrogen and oxygen atoms in total. The maximum absolute atomic E-state index is 5.29. The minimum atomic E-state index is -0.454. The summed E-state index contributed by atoms with van der Waals surface area (Å²) in [5.74, 6) is 0.826. The summed E-state index contributed by atoms with van der Waals surface area (Å²) >= 11 is 0. The van der Waals surface area contributed by atoms with Crippen LogP contribution < -0.4 is 0 Å². The van der Waals surface area contributed by atoms with Gasteiger partial charge in [0.05, 0.1) is 5.69 Å². The van der Waals surface area contributed by atoms with Crippen LogP contribution in [0.3, 0.4) is 0 Å². The molecule has 0 fully saturated rings. The number of rotatable bonds is 6. The average Bonchev–Trinajstić information content (AvgIpc) is 3.53. The Morgan fingerprint density at radius 3 is 1.70 bits per heavy atom. The van der Waals surface area contributed by atoms with Gasteiger partial charge in [-0.2, -0.15) is 72.5 Å². The molecule has 0 spiro atoms. The second-order valence-corrected chi connectivity index (χ2v) is 12.3. The van der Waals surface area contributed by atoms with Gasteiger partial charge in [-0.1, -0.05) is 107 Å². The van der Waals surface area contributed by atoms with E-state index >= 15 is 0 Å². The van der Waals surface area contributed by atoms with Gasteiger partial charge in [0, 0.05) is 6.20 Å². The molecule has 233 valence electrons. The molecule has 0 saturated heterocycles. The monoisotopic (exact) mass is 681 g/mol. The Bertz CT molecular complexity index is 1700. The van der Waals surface area contributed by atoms with Crippen LogP contribution in [0.5, 0.6) is 0 Å². The zero-order chi connectivity index (χ0) is 32.4. The first-order valence-corrected chi connectivity index (χ1v) is 15.6. The fourth-order valence-electron chi connectivity index (χ4n) is 5.04. The quantitative estimate of drug-likeness (QED) is 0.161. The van der Waals surface area contributed by atoms with Crippen molar-refractivity contribution in [2.45, 2.75) is 58.9 Å². The summed E-state index contributed by atoms with van der Waals surface area (Å²) in [5, 5.41) is 12.6. The molecule has 0 unspecified atom stereocenters. The van der Waals surface area contributed by atoms with Gasteiger partial charge in [0.25, 0.3) is 0 Å². The van der Waals surface area contributed by atoms with Gasteiger partial charge in [0.2, 0.25) is 0 Å². The van der Waals surface area contributed by atoms with Crippen LogP contribution in [0, 0.1) is 19.9 Å². The number of hydrogen-bond donors (Lipinski definition) is 0. The van der Waals surface area contributed by atoms with Crippen molar-refractivity contribution >= 4 is 16.5 Å². The van der Waals surface area contributed by atoms with Crippen molar-refractivity contribution in [3.63, 3.8) is 0 Å². The topological polar surface area (TPSA) is 31.9 Å². The third kappa shape index (κ3) is 9.75. The van der Waals surface area contributed by atoms with Crippen LogP contribution in [0.1, 0.15) is 81.3 Å². The summed E-state index contributed by atoms with van der Waals surface area (Å²) in [5.41, 5.74) is 7.30. The minimum absolute atomic E-state index is 0. The predicted octanol–water partition coefficient (Wildman–Crippen LogP) is 11.7. The number of aromatic nitrogens is 2. The van der Waals surface area contributed by atoms with E-state index in [2.05, 4.69) is 116 Å². The Morgan fingerprint density at radius 1 is 0.674 bits per heavy atom. The number of hydrogen-bond acceptors (Lipinski definition) is 1. The zero-order valence-electron chi connectivity index (χ0n) is 28.0. The molecule has 0 saturated carbocycles. The van der Waals surface area contributed by atoms with Gasteiger partial charge in [-0.3, -0.25) is 4.68 Å². The first-order valence-electron chi connectivity index (χ1n) is 15.6. The Kier molecular flexibility index (Phi) is 13.5. The van der Waals surface area contributed by atoms with E-state index in [1.165, 1.54) is 16.5 Å². The SMILES string of the molecule is CC(C)c1cccc(C(C)C)c1[N-]C(C)(C)c1ccn(-c2[c-]ccc3ccccc23)n1.[CH2-]c1ccccc1.[CH2-]c1ccccc1.[Zr+3]. The van der Waals surface area contributed by atoms with Crippen LogP contribution in [0.4, 0.5) is 5.69 Å². The Morgan fingerprint density at radius 2 is 1.20 bits per heavy atom. The Hall–Kier alpha value is -4.01. The van der Waals surface area contributed by atoms with Gasteiger partial charge < -0.3 is 5.32 Å². The van der Waals surface area contributed by atoms with E-state index in [4.69, 9.17) is 10.4 Å². The Balaban J connectivity index is 0.000000315. The van der Waals surface area contributed by atoms with Gasteiger partial charge in [0.1, 0.15) is 0 Å². The first kappa shape index (κ1) is 36.5. The standard InChI is InChI=1S/C28H31N3.2C7H7.Zr/c1-19(2)22-14-10-15-23(20(3)4)27(22)29-28(5,6)26-17-18-31(30-26)25-16-9-12-21-11-7-8-13-24(21)25;2*1-7-5-3-2-4-6-7;/h7-15,17-20H,1-6H3;2*2-6H,1H2;/q-2;2*-1;+3. The normalized spacial score (nSPS) is 10.8. The maximum atomic E-state index is 5.29. The smallest absolute Gasteiger partial charge is 0.674 e. The largest absolute Gasteiger partial charge is 3.00 e. The minimum Gasteiger partial charge on any atom is -0.674 e. The zero-order valence-corrected chi connectivity index (χ0v) is 30.5. The number of benzene rings is 5. The molecule has 4 heteroatoms. The molecule has 5 aromatic carbocycles. The molecule has 0 atom stereocenters. The maximum Gasteiger partial charge on any atom is 3.00 e. The summed E-state index contributed by atoms with van der Waals surface area (Å²) in [4.78, 5) is 0.